The third kappa shape index (κ3) is 6.92. The predicted octanol–water partition coefficient (Wildman–Crippen LogP) is 5.29. The Labute approximate surface area is 225 Å². The Morgan fingerprint density at radius 2 is 1.63 bits per heavy atom. The smallest absolute Gasteiger partial charge is 0.255 e. The van der Waals surface area contributed by atoms with Crippen LogP contribution in [0.5, 0.6) is 11.5 Å². The standard InChI is InChI=1S/C31H37N3O4/c1-31(2,3)20-34-14-13-22-9-11-26(16-25(22)19-34)33-30(36)23-8-6-7-21(15-23)18-32-29(35)24-10-12-27(37-4)28(17-24)38-5/h6-12,15-17H,13-14,18-20H2,1-5H3,(H,32,35)(H,33,36). The van der Waals surface area contributed by atoms with Gasteiger partial charge in [-0.2, -0.15) is 0 Å². The van der Waals surface area contributed by atoms with Gasteiger partial charge < -0.3 is 20.1 Å². The van der Waals surface area contributed by atoms with Crippen LogP contribution in [0, 0.1) is 5.41 Å². The van der Waals surface area contributed by atoms with Gasteiger partial charge in [-0.15, -0.1) is 0 Å². The minimum atomic E-state index is -0.240. The number of benzene rings is 3. The molecule has 7 heteroatoms. The number of methoxy groups -OCH3 is 2. The highest BCUT2D eigenvalue weighted by molar-refractivity contribution is 6.04. The zero-order chi connectivity index (χ0) is 27.3. The molecule has 0 saturated heterocycles. The van der Waals surface area contributed by atoms with Crippen LogP contribution >= 0.6 is 0 Å². The molecule has 1 heterocycles. The topological polar surface area (TPSA) is 79.9 Å². The van der Waals surface area contributed by atoms with Crippen LogP contribution in [0.3, 0.4) is 0 Å². The lowest BCUT2D eigenvalue weighted by Gasteiger charge is -2.34. The lowest BCUT2D eigenvalue weighted by atomic mass is 9.93. The van der Waals surface area contributed by atoms with Crippen molar-refractivity contribution in [3.63, 3.8) is 0 Å². The van der Waals surface area contributed by atoms with Crippen LogP contribution in [-0.4, -0.2) is 44.0 Å². The Bertz CT molecular complexity index is 1310. The maximum atomic E-state index is 13.0. The van der Waals surface area contributed by atoms with Crippen LogP contribution < -0.4 is 20.1 Å². The number of ether oxygens (including phenoxy) is 2. The highest BCUT2D eigenvalue weighted by Gasteiger charge is 2.22. The van der Waals surface area contributed by atoms with E-state index in [2.05, 4.69) is 48.4 Å². The number of amides is 2. The Morgan fingerprint density at radius 3 is 2.37 bits per heavy atom. The molecule has 0 saturated carbocycles. The molecule has 1 aliphatic heterocycles. The van der Waals surface area contributed by atoms with E-state index in [-0.39, 0.29) is 23.8 Å². The first-order valence-electron chi connectivity index (χ1n) is 12.9. The van der Waals surface area contributed by atoms with Crippen LogP contribution in [0.25, 0.3) is 0 Å². The van der Waals surface area contributed by atoms with Crippen LogP contribution in [0.1, 0.15) is 58.2 Å². The van der Waals surface area contributed by atoms with Crippen LogP contribution in [0.4, 0.5) is 5.69 Å². The van der Waals surface area contributed by atoms with Crippen molar-refractivity contribution in [2.45, 2.75) is 40.3 Å². The number of nitrogens with one attached hydrogen (secondary N) is 2. The molecule has 0 aliphatic carbocycles. The highest BCUT2D eigenvalue weighted by atomic mass is 16.5. The summed E-state index contributed by atoms with van der Waals surface area (Å²) >= 11 is 0. The van der Waals surface area contributed by atoms with Gasteiger partial charge >= 0.3 is 0 Å². The van der Waals surface area contributed by atoms with Gasteiger partial charge in [0.05, 0.1) is 14.2 Å². The van der Waals surface area contributed by atoms with E-state index in [1.807, 2.05) is 18.2 Å². The zero-order valence-electron chi connectivity index (χ0n) is 22.9. The Hall–Kier alpha value is -3.84. The van der Waals surface area contributed by atoms with Gasteiger partial charge in [0.1, 0.15) is 0 Å². The largest absolute Gasteiger partial charge is 0.493 e. The van der Waals surface area contributed by atoms with Gasteiger partial charge in [0.2, 0.25) is 0 Å². The summed E-state index contributed by atoms with van der Waals surface area (Å²) in [5.74, 6) is 0.627. The van der Waals surface area contributed by atoms with E-state index in [4.69, 9.17) is 9.47 Å². The molecule has 7 nitrogen and oxygen atoms in total. The van der Waals surface area contributed by atoms with Gasteiger partial charge in [-0.05, 0) is 71.0 Å². The first-order chi connectivity index (χ1) is 18.1. The monoisotopic (exact) mass is 515 g/mol. The molecule has 1 aliphatic rings. The number of hydrogen-bond acceptors (Lipinski definition) is 5. The Morgan fingerprint density at radius 1 is 0.868 bits per heavy atom. The first kappa shape index (κ1) is 27.2. The Kier molecular flexibility index (Phi) is 8.37. The molecule has 38 heavy (non-hydrogen) atoms. The fraction of sp³-hybridized carbons (Fsp3) is 0.355. The van der Waals surface area contributed by atoms with E-state index in [9.17, 15) is 9.59 Å². The first-order valence-corrected chi connectivity index (χ1v) is 12.9. The molecule has 0 atom stereocenters. The van der Waals surface area contributed by atoms with Crippen LogP contribution in [0.2, 0.25) is 0 Å². The zero-order valence-corrected chi connectivity index (χ0v) is 22.9. The number of nitrogens with zero attached hydrogens (tertiary/aromatic N) is 1. The minimum absolute atomic E-state index is 0.180. The summed E-state index contributed by atoms with van der Waals surface area (Å²) < 4.78 is 10.5. The molecule has 0 aromatic heterocycles. The molecular weight excluding hydrogens is 478 g/mol. The molecule has 3 aromatic rings. The minimum Gasteiger partial charge on any atom is -0.493 e. The average Bonchev–Trinajstić information content (AvgIpc) is 2.90. The number of anilines is 1. The maximum absolute atomic E-state index is 13.0. The molecular formula is C31H37N3O4. The molecule has 0 spiro atoms. The molecule has 3 aromatic carbocycles. The van der Waals surface area contributed by atoms with Crippen molar-refractivity contribution in [2.75, 3.05) is 32.6 Å². The van der Waals surface area contributed by atoms with Crippen molar-refractivity contribution in [1.82, 2.24) is 10.2 Å². The second kappa shape index (κ2) is 11.7. The van der Waals surface area contributed by atoms with Crippen LogP contribution in [0.15, 0.2) is 60.7 Å². The van der Waals surface area contributed by atoms with Gasteiger partial charge in [-0.1, -0.05) is 39.0 Å². The van der Waals surface area contributed by atoms with Gasteiger partial charge in [0.25, 0.3) is 11.8 Å². The summed E-state index contributed by atoms with van der Waals surface area (Å²) in [5, 5.41) is 5.94. The predicted molar refractivity (Wildman–Crippen MR) is 150 cm³/mol. The highest BCUT2D eigenvalue weighted by Crippen LogP contribution is 2.28. The lowest BCUT2D eigenvalue weighted by Crippen LogP contribution is -2.36. The quantitative estimate of drug-likeness (QED) is 0.426. The molecule has 2 N–H and O–H groups in total. The summed E-state index contributed by atoms with van der Waals surface area (Å²) in [6.07, 6.45) is 1.02. The van der Waals surface area contributed by atoms with E-state index in [1.165, 1.54) is 18.2 Å². The van der Waals surface area contributed by atoms with Crippen molar-refractivity contribution >= 4 is 17.5 Å². The number of hydrogen-bond donors (Lipinski definition) is 2. The second-order valence-electron chi connectivity index (χ2n) is 10.9. The fourth-order valence-electron chi connectivity index (χ4n) is 4.79. The summed E-state index contributed by atoms with van der Waals surface area (Å²) in [6.45, 7) is 10.1. The normalized spacial score (nSPS) is 13.4. The van der Waals surface area contributed by atoms with Crippen molar-refractivity contribution in [3.05, 3.63) is 88.5 Å². The van der Waals surface area contributed by atoms with E-state index < -0.39 is 0 Å². The van der Waals surface area contributed by atoms with Crippen molar-refractivity contribution in [1.29, 1.82) is 0 Å². The van der Waals surface area contributed by atoms with Crippen LogP contribution in [-0.2, 0) is 19.5 Å². The van der Waals surface area contributed by atoms with E-state index >= 15 is 0 Å². The van der Waals surface area contributed by atoms with Crippen molar-refractivity contribution in [3.8, 4) is 11.5 Å². The number of carbonyl (C=O) groups is 2. The fourth-order valence-corrected chi connectivity index (χ4v) is 4.79. The summed E-state index contributed by atoms with van der Waals surface area (Å²) in [5.41, 5.74) is 5.48. The van der Waals surface area contributed by atoms with Gasteiger partial charge in [-0.25, -0.2) is 0 Å². The second-order valence-corrected chi connectivity index (χ2v) is 10.9. The average molecular weight is 516 g/mol. The van der Waals surface area contributed by atoms with E-state index in [0.29, 0.717) is 22.6 Å². The van der Waals surface area contributed by atoms with Crippen molar-refractivity contribution < 1.29 is 19.1 Å². The maximum Gasteiger partial charge on any atom is 0.255 e. The van der Waals surface area contributed by atoms with Gasteiger partial charge in [0, 0.05) is 43.0 Å². The third-order valence-electron chi connectivity index (χ3n) is 6.54. The molecule has 200 valence electrons. The number of carbonyl (C=O) groups excluding carboxylic acids is 2. The molecule has 2 amide bonds. The number of fused-ring (bicyclic) bond motifs is 1. The number of rotatable bonds is 8. The summed E-state index contributed by atoms with van der Waals surface area (Å²) in [6, 6.07) is 18.5. The van der Waals surface area contributed by atoms with Gasteiger partial charge in [-0.3, -0.25) is 14.5 Å². The summed E-state index contributed by atoms with van der Waals surface area (Å²) in [7, 11) is 3.08. The van der Waals surface area contributed by atoms with E-state index in [0.717, 1.165) is 37.3 Å². The van der Waals surface area contributed by atoms with E-state index in [1.54, 1.807) is 37.4 Å². The summed E-state index contributed by atoms with van der Waals surface area (Å²) in [4.78, 5) is 28.2. The third-order valence-corrected chi connectivity index (χ3v) is 6.54. The van der Waals surface area contributed by atoms with Crippen molar-refractivity contribution in [2.24, 2.45) is 5.41 Å². The Balaban J connectivity index is 1.38. The van der Waals surface area contributed by atoms with Gasteiger partial charge in [0.15, 0.2) is 11.5 Å². The SMILES string of the molecule is COc1ccc(C(=O)NCc2cccc(C(=O)Nc3ccc4c(c3)CN(CC(C)(C)C)CC4)c2)cc1OC. The molecule has 0 radical (unpaired) electrons. The molecule has 0 bridgehead atoms. The molecule has 4 rings (SSSR count). The molecule has 0 unspecified atom stereocenters. The molecule has 0 fully saturated rings. The lowest BCUT2D eigenvalue weighted by molar-refractivity contribution is 0.0950.